The van der Waals surface area contributed by atoms with E-state index >= 15 is 0 Å². The molecule has 2 fully saturated rings. The number of nitrogens with zero attached hydrogens (tertiary/aromatic N) is 1. The Morgan fingerprint density at radius 2 is 1.76 bits per heavy atom. The highest BCUT2D eigenvalue weighted by atomic mass is 32.2. The zero-order chi connectivity index (χ0) is 18.0. The molecule has 1 aromatic rings. The van der Waals surface area contributed by atoms with Gasteiger partial charge in [0.2, 0.25) is 10.0 Å². The average Bonchev–Trinajstić information content (AvgIpc) is 2.98. The molecular formula is C19H30N2O3S. The predicted octanol–water partition coefficient (Wildman–Crippen LogP) is 3.35. The molecule has 6 heteroatoms. The number of nitrogens with one attached hydrogen (secondary N) is 1. The van der Waals surface area contributed by atoms with Gasteiger partial charge >= 0.3 is 0 Å². The van der Waals surface area contributed by atoms with Gasteiger partial charge in [-0.05, 0) is 29.9 Å². The summed E-state index contributed by atoms with van der Waals surface area (Å²) in [5, 5.41) is 1.11. The molecule has 1 aromatic carbocycles. The minimum Gasteiger partial charge on any atom is -0.297 e. The van der Waals surface area contributed by atoms with Crippen LogP contribution in [0.25, 0.3) is 0 Å². The predicted molar refractivity (Wildman–Crippen MR) is 99.7 cm³/mol. The largest absolute Gasteiger partial charge is 0.297 e. The maximum atomic E-state index is 13.0. The van der Waals surface area contributed by atoms with Gasteiger partial charge in [0.25, 0.3) is 0 Å². The van der Waals surface area contributed by atoms with E-state index in [-0.39, 0.29) is 18.7 Å². The van der Waals surface area contributed by atoms with E-state index < -0.39 is 15.3 Å². The molecule has 5 nitrogen and oxygen atoms in total. The minimum atomic E-state index is -3.43. The average molecular weight is 367 g/mol. The molecule has 1 saturated heterocycles. The second-order valence-corrected chi connectivity index (χ2v) is 9.58. The number of rotatable bonds is 5. The van der Waals surface area contributed by atoms with E-state index in [9.17, 15) is 8.42 Å². The molecule has 1 aliphatic carbocycles. The van der Waals surface area contributed by atoms with Crippen LogP contribution in [0.1, 0.15) is 69.0 Å². The fraction of sp³-hybridized carbons (Fsp3) is 0.684. The van der Waals surface area contributed by atoms with Gasteiger partial charge in [-0.15, -0.1) is 0 Å². The van der Waals surface area contributed by atoms with Crippen LogP contribution in [-0.2, 0) is 14.9 Å². The lowest BCUT2D eigenvalue weighted by molar-refractivity contribution is -0.110. The van der Waals surface area contributed by atoms with Crippen LogP contribution >= 0.6 is 0 Å². The molecule has 0 amide bonds. The van der Waals surface area contributed by atoms with Crippen molar-refractivity contribution in [2.45, 2.75) is 69.2 Å². The molecule has 3 rings (SSSR count). The first-order valence-corrected chi connectivity index (χ1v) is 10.9. The van der Waals surface area contributed by atoms with Crippen molar-refractivity contribution in [3.8, 4) is 0 Å². The van der Waals surface area contributed by atoms with Crippen molar-refractivity contribution >= 4 is 10.0 Å². The molecule has 1 aliphatic heterocycles. The molecule has 0 radical (unpaired) electrons. The first-order chi connectivity index (χ1) is 11.9. The highest BCUT2D eigenvalue weighted by molar-refractivity contribution is 7.90. The van der Waals surface area contributed by atoms with Gasteiger partial charge < -0.3 is 0 Å². The zero-order valence-corrected chi connectivity index (χ0v) is 16.3. The van der Waals surface area contributed by atoms with E-state index in [4.69, 9.17) is 4.84 Å². The summed E-state index contributed by atoms with van der Waals surface area (Å²) in [4.78, 5) is 5.60. The van der Waals surface area contributed by atoms with Crippen molar-refractivity contribution in [1.29, 1.82) is 0 Å². The molecule has 0 spiro atoms. The Morgan fingerprint density at radius 3 is 2.36 bits per heavy atom. The van der Waals surface area contributed by atoms with Crippen LogP contribution in [0.15, 0.2) is 24.3 Å². The van der Waals surface area contributed by atoms with Gasteiger partial charge in [0, 0.05) is 13.1 Å². The molecule has 140 valence electrons. The van der Waals surface area contributed by atoms with Crippen LogP contribution in [0.2, 0.25) is 0 Å². The van der Waals surface area contributed by atoms with Crippen LogP contribution in [0, 0.1) is 0 Å². The Morgan fingerprint density at radius 1 is 1.12 bits per heavy atom. The van der Waals surface area contributed by atoms with Gasteiger partial charge in [-0.3, -0.25) is 4.84 Å². The maximum Gasteiger partial charge on any atom is 0.219 e. The molecule has 1 heterocycles. The molecule has 2 unspecified atom stereocenters. The van der Waals surface area contributed by atoms with Gasteiger partial charge in [0.15, 0.2) is 0 Å². The molecule has 1 saturated carbocycles. The number of hydrogen-bond donors (Lipinski definition) is 1. The SMILES string of the molecule is CC(C)c1ccc(C2C(S(=O)(=O)NC3CCCCC3)CON2C)cc1. The molecule has 2 aliphatic rings. The van der Waals surface area contributed by atoms with E-state index in [0.717, 1.165) is 31.2 Å². The van der Waals surface area contributed by atoms with E-state index in [1.54, 1.807) is 5.06 Å². The Hall–Kier alpha value is -0.950. The second kappa shape index (κ2) is 7.74. The summed E-state index contributed by atoms with van der Waals surface area (Å²) in [6, 6.07) is 8.05. The lowest BCUT2D eigenvalue weighted by atomic mass is 9.96. The molecule has 0 aromatic heterocycles. The third-order valence-corrected chi connectivity index (χ3v) is 7.32. The molecule has 1 N–H and O–H groups in total. The van der Waals surface area contributed by atoms with Crippen LogP contribution < -0.4 is 4.72 Å². The Balaban J connectivity index is 1.79. The Kier molecular flexibility index (Phi) is 5.83. The van der Waals surface area contributed by atoms with Gasteiger partial charge in [0.1, 0.15) is 5.25 Å². The van der Waals surface area contributed by atoms with Gasteiger partial charge in [-0.1, -0.05) is 57.4 Å². The lowest BCUT2D eigenvalue weighted by Gasteiger charge is -2.27. The van der Waals surface area contributed by atoms with E-state index in [1.807, 2.05) is 19.2 Å². The summed E-state index contributed by atoms with van der Waals surface area (Å²) in [7, 11) is -1.62. The lowest BCUT2D eigenvalue weighted by Crippen LogP contribution is -2.44. The molecule has 25 heavy (non-hydrogen) atoms. The quantitative estimate of drug-likeness (QED) is 0.868. The third kappa shape index (κ3) is 4.25. The van der Waals surface area contributed by atoms with Crippen molar-refractivity contribution in [2.75, 3.05) is 13.7 Å². The third-order valence-electron chi connectivity index (χ3n) is 5.47. The summed E-state index contributed by atoms with van der Waals surface area (Å²) in [6.07, 6.45) is 5.30. The topological polar surface area (TPSA) is 58.6 Å². The minimum absolute atomic E-state index is 0.0774. The number of benzene rings is 1. The van der Waals surface area contributed by atoms with Crippen LogP contribution in [0.3, 0.4) is 0 Å². The smallest absolute Gasteiger partial charge is 0.219 e. The summed E-state index contributed by atoms with van der Waals surface area (Å²) in [5.74, 6) is 0.458. The number of hydroxylamine groups is 2. The van der Waals surface area contributed by atoms with E-state index in [0.29, 0.717) is 5.92 Å². The standard InChI is InChI=1S/C19H30N2O3S/c1-14(2)15-9-11-16(12-10-15)19-18(13-24-21(19)3)25(22,23)20-17-7-5-4-6-8-17/h9-12,14,17-20H,4-8,13H2,1-3H3. The van der Waals surface area contributed by atoms with Crippen molar-refractivity contribution in [1.82, 2.24) is 9.79 Å². The molecular weight excluding hydrogens is 336 g/mol. The monoisotopic (exact) mass is 366 g/mol. The number of hydrogen-bond acceptors (Lipinski definition) is 4. The first kappa shape index (κ1) is 18.8. The maximum absolute atomic E-state index is 13.0. The highest BCUT2D eigenvalue weighted by Crippen LogP contribution is 2.34. The van der Waals surface area contributed by atoms with Crippen molar-refractivity contribution in [2.24, 2.45) is 0 Å². The van der Waals surface area contributed by atoms with E-state index in [1.165, 1.54) is 12.0 Å². The highest BCUT2D eigenvalue weighted by Gasteiger charge is 2.43. The van der Waals surface area contributed by atoms with E-state index in [2.05, 4.69) is 30.7 Å². The van der Waals surface area contributed by atoms with Gasteiger partial charge in [-0.25, -0.2) is 13.1 Å². The normalized spacial score (nSPS) is 26.4. The Labute approximate surface area is 151 Å². The van der Waals surface area contributed by atoms with Gasteiger partial charge in [-0.2, -0.15) is 5.06 Å². The molecule has 0 bridgehead atoms. The first-order valence-electron chi connectivity index (χ1n) is 9.35. The van der Waals surface area contributed by atoms with Crippen molar-refractivity contribution in [3.63, 3.8) is 0 Å². The van der Waals surface area contributed by atoms with Gasteiger partial charge in [0.05, 0.1) is 12.6 Å². The summed E-state index contributed by atoms with van der Waals surface area (Å²) < 4.78 is 28.9. The second-order valence-electron chi connectivity index (χ2n) is 7.64. The van der Waals surface area contributed by atoms with Crippen molar-refractivity contribution < 1.29 is 13.3 Å². The Bertz CT molecular complexity index is 666. The summed E-state index contributed by atoms with van der Waals surface area (Å²) >= 11 is 0. The van der Waals surface area contributed by atoms with Crippen LogP contribution in [0.5, 0.6) is 0 Å². The molecule has 2 atom stereocenters. The zero-order valence-electron chi connectivity index (χ0n) is 15.4. The van der Waals surface area contributed by atoms with Crippen molar-refractivity contribution in [3.05, 3.63) is 35.4 Å². The fourth-order valence-electron chi connectivity index (χ4n) is 3.90. The summed E-state index contributed by atoms with van der Waals surface area (Å²) in [5.41, 5.74) is 2.24. The van der Waals surface area contributed by atoms with Crippen LogP contribution in [-0.4, -0.2) is 38.4 Å². The van der Waals surface area contributed by atoms with Crippen LogP contribution in [0.4, 0.5) is 0 Å². The fourth-order valence-corrected chi connectivity index (χ4v) is 5.68. The number of sulfonamides is 1. The summed E-state index contributed by atoms with van der Waals surface area (Å²) in [6.45, 7) is 4.51.